The molecule has 1 aromatic rings. The fraction of sp³-hybridized carbons (Fsp3) is 0.389. The summed E-state index contributed by atoms with van der Waals surface area (Å²) in [6, 6.07) is 2.60. The lowest BCUT2D eigenvalue weighted by Gasteiger charge is -2.37. The van der Waals surface area contributed by atoms with Crippen LogP contribution in [0.5, 0.6) is 5.75 Å². The Bertz CT molecular complexity index is 938. The van der Waals surface area contributed by atoms with Crippen molar-refractivity contribution in [3.8, 4) is 5.75 Å². The molecule has 8 nitrogen and oxygen atoms in total. The molecule has 2 bridgehead atoms. The van der Waals surface area contributed by atoms with Crippen LogP contribution in [-0.2, 0) is 9.59 Å². The second kappa shape index (κ2) is 5.48. The molecule has 9 heteroatoms. The third-order valence-corrected chi connectivity index (χ3v) is 6.69. The third-order valence-electron chi connectivity index (χ3n) is 6.23. The molecule has 6 rings (SSSR count). The Morgan fingerprint density at radius 3 is 2.33 bits per heavy atom. The Kier molecular flexibility index (Phi) is 3.37. The Labute approximate surface area is 161 Å². The van der Waals surface area contributed by atoms with Gasteiger partial charge in [0.25, 0.3) is 11.8 Å². The fourth-order valence-electron chi connectivity index (χ4n) is 5.02. The Balaban J connectivity index is 1.47. The minimum absolute atomic E-state index is 0.0514. The summed E-state index contributed by atoms with van der Waals surface area (Å²) in [6.45, 7) is 0. The highest BCUT2D eigenvalue weighted by Crippen LogP contribution is 2.65. The Morgan fingerprint density at radius 2 is 1.78 bits per heavy atom. The standard InChI is InChI=1S/C18H14BrN3O5/c19-8-3-7(16(23)13(4-8)22(26)27)6-20-21-17(24)14-9-1-2-10(12-5-11(9)12)15(14)18(21)25/h1-4,6,9-12,14-15,23H,5H2/t9-,10-,11-,12+,14+,15+/m0/s1. The van der Waals surface area contributed by atoms with E-state index in [1.807, 2.05) is 0 Å². The van der Waals surface area contributed by atoms with Crippen LogP contribution in [0.3, 0.4) is 0 Å². The largest absolute Gasteiger partial charge is 0.502 e. The second-order valence-electron chi connectivity index (χ2n) is 7.51. The highest BCUT2D eigenvalue weighted by atomic mass is 79.9. The van der Waals surface area contributed by atoms with Crippen molar-refractivity contribution in [3.63, 3.8) is 0 Å². The highest BCUT2D eigenvalue weighted by molar-refractivity contribution is 9.10. The number of imide groups is 1. The number of hydrogen-bond donors (Lipinski definition) is 1. The van der Waals surface area contributed by atoms with Crippen molar-refractivity contribution in [2.24, 2.45) is 40.6 Å². The van der Waals surface area contributed by atoms with Crippen LogP contribution < -0.4 is 0 Å². The zero-order valence-corrected chi connectivity index (χ0v) is 15.4. The lowest BCUT2D eigenvalue weighted by atomic mass is 9.63. The maximum Gasteiger partial charge on any atom is 0.312 e. The molecule has 6 atom stereocenters. The summed E-state index contributed by atoms with van der Waals surface area (Å²) in [5, 5.41) is 26.0. The molecule has 2 amide bonds. The summed E-state index contributed by atoms with van der Waals surface area (Å²) in [5.41, 5.74) is -0.434. The molecule has 3 fully saturated rings. The Hall–Kier alpha value is -2.55. The number of phenolic OH excluding ortho intramolecular Hbond substituents is 1. The van der Waals surface area contributed by atoms with Crippen LogP contribution in [0.1, 0.15) is 12.0 Å². The van der Waals surface area contributed by atoms with E-state index in [1.165, 1.54) is 12.1 Å². The SMILES string of the molecule is O=C1[C@@H]2[C@H]3C=C[C@@H]([C@@H]4C[C@H]34)[C@H]2C(=O)N1N=Cc1cc(Br)cc([N+](=O)[O-])c1O. The van der Waals surface area contributed by atoms with Crippen molar-refractivity contribution in [2.75, 3.05) is 0 Å². The van der Waals surface area contributed by atoms with Gasteiger partial charge in [0, 0.05) is 16.1 Å². The lowest BCUT2D eigenvalue weighted by molar-refractivity contribution is -0.385. The van der Waals surface area contributed by atoms with Crippen LogP contribution in [0, 0.1) is 45.6 Å². The number of nitrogens with zero attached hydrogens (tertiary/aromatic N) is 3. The van der Waals surface area contributed by atoms with Crippen molar-refractivity contribution in [2.45, 2.75) is 6.42 Å². The zero-order chi connectivity index (χ0) is 19.0. The summed E-state index contributed by atoms with van der Waals surface area (Å²) >= 11 is 3.14. The number of allylic oxidation sites excluding steroid dienone is 2. The second-order valence-corrected chi connectivity index (χ2v) is 8.42. The first-order valence-corrected chi connectivity index (χ1v) is 9.45. The van der Waals surface area contributed by atoms with E-state index in [-0.39, 0.29) is 41.0 Å². The molecule has 2 saturated carbocycles. The molecule has 4 aliphatic carbocycles. The number of halogens is 1. The first kappa shape index (κ1) is 16.6. The van der Waals surface area contributed by atoms with Crippen molar-refractivity contribution in [1.82, 2.24) is 5.01 Å². The smallest absolute Gasteiger partial charge is 0.312 e. The number of phenols is 1. The molecular formula is C18H14BrN3O5. The summed E-state index contributed by atoms with van der Waals surface area (Å²) in [4.78, 5) is 36.0. The number of rotatable bonds is 3. The molecule has 1 saturated heterocycles. The summed E-state index contributed by atoms with van der Waals surface area (Å²) < 4.78 is 0.378. The van der Waals surface area contributed by atoms with Gasteiger partial charge in [-0.3, -0.25) is 19.7 Å². The molecule has 5 aliphatic rings. The van der Waals surface area contributed by atoms with Gasteiger partial charge in [0.1, 0.15) is 0 Å². The molecule has 1 aromatic carbocycles. The lowest BCUT2D eigenvalue weighted by Crippen LogP contribution is -2.40. The first-order valence-electron chi connectivity index (χ1n) is 8.65. The van der Waals surface area contributed by atoms with Gasteiger partial charge >= 0.3 is 5.69 Å². The highest BCUT2D eigenvalue weighted by Gasteiger charge is 2.67. The number of carbonyl (C=O) groups is 2. The van der Waals surface area contributed by atoms with Gasteiger partial charge in [-0.05, 0) is 36.2 Å². The molecule has 1 N–H and O–H groups in total. The van der Waals surface area contributed by atoms with Crippen molar-refractivity contribution < 1.29 is 19.6 Å². The Morgan fingerprint density at radius 1 is 1.19 bits per heavy atom. The van der Waals surface area contributed by atoms with Gasteiger partial charge in [0.2, 0.25) is 5.75 Å². The summed E-state index contributed by atoms with van der Waals surface area (Å²) in [5.74, 6) is -0.740. The van der Waals surface area contributed by atoms with Crippen molar-refractivity contribution in [3.05, 3.63) is 44.4 Å². The molecule has 0 aromatic heterocycles. The van der Waals surface area contributed by atoms with Gasteiger partial charge in [0.05, 0.1) is 23.0 Å². The van der Waals surface area contributed by atoms with Crippen molar-refractivity contribution >= 4 is 39.6 Å². The number of benzene rings is 1. The minimum atomic E-state index is -0.714. The number of carbonyl (C=O) groups excluding carboxylic acids is 2. The number of nitro groups is 1. The summed E-state index contributed by atoms with van der Waals surface area (Å²) in [7, 11) is 0. The predicted molar refractivity (Wildman–Crippen MR) is 96.6 cm³/mol. The van der Waals surface area contributed by atoms with Crippen LogP contribution in [-0.4, -0.2) is 33.1 Å². The molecule has 138 valence electrons. The van der Waals surface area contributed by atoms with Crippen molar-refractivity contribution in [1.29, 1.82) is 0 Å². The topological polar surface area (TPSA) is 113 Å². The van der Waals surface area contributed by atoms with Gasteiger partial charge in [-0.15, -0.1) is 0 Å². The molecule has 1 aliphatic heterocycles. The van der Waals surface area contributed by atoms with Gasteiger partial charge in [0.15, 0.2) is 0 Å². The van der Waals surface area contributed by atoms with E-state index in [2.05, 4.69) is 33.2 Å². The average molecular weight is 432 g/mol. The van der Waals surface area contributed by atoms with E-state index in [4.69, 9.17) is 0 Å². The average Bonchev–Trinajstić information content (AvgIpc) is 3.41. The van der Waals surface area contributed by atoms with Gasteiger partial charge in [-0.1, -0.05) is 28.1 Å². The van der Waals surface area contributed by atoms with Gasteiger partial charge < -0.3 is 5.11 Å². The van der Waals surface area contributed by atoms with E-state index >= 15 is 0 Å². The van der Waals surface area contributed by atoms with Crippen LogP contribution in [0.2, 0.25) is 0 Å². The van der Waals surface area contributed by atoms with E-state index < -0.39 is 16.4 Å². The number of amides is 2. The molecule has 1 heterocycles. The molecule has 0 radical (unpaired) electrons. The number of nitro benzene ring substituents is 1. The summed E-state index contributed by atoms with van der Waals surface area (Å²) in [6.07, 6.45) is 6.34. The van der Waals surface area contributed by atoms with Crippen LogP contribution in [0.25, 0.3) is 0 Å². The molecule has 0 unspecified atom stereocenters. The predicted octanol–water partition coefficient (Wildman–Crippen LogP) is 2.45. The number of hydrazone groups is 1. The maximum absolute atomic E-state index is 12.8. The monoisotopic (exact) mass is 431 g/mol. The van der Waals surface area contributed by atoms with E-state index in [0.717, 1.165) is 17.6 Å². The van der Waals surface area contributed by atoms with Crippen LogP contribution >= 0.6 is 15.9 Å². The zero-order valence-electron chi connectivity index (χ0n) is 13.9. The normalized spacial score (nSPS) is 35.7. The van der Waals surface area contributed by atoms with Gasteiger partial charge in [-0.2, -0.15) is 10.1 Å². The quantitative estimate of drug-likeness (QED) is 0.259. The third kappa shape index (κ3) is 2.24. The maximum atomic E-state index is 12.8. The molecule has 0 spiro atoms. The number of hydrogen-bond acceptors (Lipinski definition) is 6. The van der Waals surface area contributed by atoms with E-state index in [0.29, 0.717) is 16.3 Å². The fourth-order valence-corrected chi connectivity index (χ4v) is 5.48. The van der Waals surface area contributed by atoms with Crippen LogP contribution in [0.4, 0.5) is 5.69 Å². The first-order chi connectivity index (χ1) is 12.9. The van der Waals surface area contributed by atoms with E-state index in [1.54, 1.807) is 0 Å². The van der Waals surface area contributed by atoms with Gasteiger partial charge in [-0.25, -0.2) is 0 Å². The number of aromatic hydroxyl groups is 1. The van der Waals surface area contributed by atoms with E-state index in [9.17, 15) is 24.8 Å². The molecular weight excluding hydrogens is 418 g/mol. The van der Waals surface area contributed by atoms with Crippen LogP contribution in [0.15, 0.2) is 33.9 Å². The molecule has 27 heavy (non-hydrogen) atoms. The minimum Gasteiger partial charge on any atom is -0.502 e.